The Hall–Kier alpha value is 0.140. The average molecular weight is 186 g/mol. The van der Waals surface area contributed by atoms with Crippen LogP contribution in [0.15, 0.2) is 12.7 Å². The zero-order valence-electron chi connectivity index (χ0n) is 6.84. The van der Waals surface area contributed by atoms with Gasteiger partial charge in [0.2, 0.25) is 0 Å². The molecule has 2 aromatic rings. The van der Waals surface area contributed by atoms with Crippen molar-refractivity contribution in [3.8, 4) is 0 Å². The van der Waals surface area contributed by atoms with Crippen molar-refractivity contribution in [2.45, 2.75) is 0 Å². The Labute approximate surface area is 112 Å². The van der Waals surface area contributed by atoms with E-state index in [4.69, 9.17) is 0 Å². The second-order valence-corrected chi connectivity index (χ2v) is 1.12. The zero-order chi connectivity index (χ0) is 7.07. The molecule has 54 valence electrons. The first-order valence-corrected chi connectivity index (χ1v) is 2.33. The first kappa shape index (κ1) is 14.7. The van der Waals surface area contributed by atoms with Crippen LogP contribution >= 0.6 is 0 Å². The fourth-order valence-electron chi connectivity index (χ4n) is 0.258. The van der Waals surface area contributed by atoms with Crippen molar-refractivity contribution in [1.29, 1.82) is 0 Å². The number of nitrogens with one attached hydrogen (secondary N) is 2. The molecule has 2 N–H and O–H groups in total. The van der Waals surface area contributed by atoms with E-state index in [2.05, 4.69) is 41.2 Å². The minimum Gasteiger partial charge on any atom is -0.177 e. The molecule has 10 heteroatoms. The summed E-state index contributed by atoms with van der Waals surface area (Å²) < 4.78 is 0. The number of aromatic amines is 2. The molecule has 12 heavy (non-hydrogen) atoms. The van der Waals surface area contributed by atoms with Gasteiger partial charge in [0.05, 0.1) is 0 Å². The Morgan fingerprint density at radius 3 is 1.25 bits per heavy atom. The summed E-state index contributed by atoms with van der Waals surface area (Å²) in [6.45, 7) is 0. The second-order valence-electron chi connectivity index (χ2n) is 1.12. The van der Waals surface area contributed by atoms with Crippen LogP contribution in [-0.2, 0) is 0 Å². The van der Waals surface area contributed by atoms with Crippen LogP contribution in [0.5, 0.6) is 0 Å². The average Bonchev–Trinajstić information content (AvgIpc) is 2.67. The molecule has 0 amide bonds. The SMILES string of the molecule is [Na].[Na].c1nn[nH]n1.c1nn[nH]n1. The van der Waals surface area contributed by atoms with E-state index >= 15 is 0 Å². The predicted molar refractivity (Wildman–Crippen MR) is 39.9 cm³/mol. The maximum Gasteiger partial charge on any atom is 0.161 e. The van der Waals surface area contributed by atoms with Crippen LogP contribution in [0.2, 0.25) is 0 Å². The van der Waals surface area contributed by atoms with Crippen molar-refractivity contribution >= 4 is 59.1 Å². The molecule has 0 saturated heterocycles. The fraction of sp³-hybridized carbons (Fsp3) is 0. The van der Waals surface area contributed by atoms with Crippen molar-refractivity contribution in [3.63, 3.8) is 0 Å². The smallest absolute Gasteiger partial charge is 0.161 e. The summed E-state index contributed by atoms with van der Waals surface area (Å²) in [5.41, 5.74) is 0. The van der Waals surface area contributed by atoms with E-state index in [-0.39, 0.29) is 59.1 Å². The van der Waals surface area contributed by atoms with Crippen molar-refractivity contribution in [2.75, 3.05) is 0 Å². The molecule has 0 aliphatic heterocycles. The topological polar surface area (TPSA) is 109 Å². The van der Waals surface area contributed by atoms with Crippen LogP contribution in [0.1, 0.15) is 0 Å². The Bertz CT molecular complexity index is 154. The Morgan fingerprint density at radius 1 is 0.750 bits per heavy atom. The van der Waals surface area contributed by atoms with Crippen molar-refractivity contribution in [2.24, 2.45) is 0 Å². The van der Waals surface area contributed by atoms with Gasteiger partial charge in [0.15, 0.2) is 12.7 Å². The third-order valence-corrected chi connectivity index (χ3v) is 0.539. The summed E-state index contributed by atoms with van der Waals surface area (Å²) in [4.78, 5) is 0. The summed E-state index contributed by atoms with van der Waals surface area (Å²) in [6.07, 6.45) is 2.67. The van der Waals surface area contributed by atoms with Gasteiger partial charge >= 0.3 is 0 Å². The van der Waals surface area contributed by atoms with Gasteiger partial charge in [0.25, 0.3) is 0 Å². The van der Waals surface area contributed by atoms with Gasteiger partial charge in [0, 0.05) is 59.1 Å². The summed E-state index contributed by atoms with van der Waals surface area (Å²) >= 11 is 0. The van der Waals surface area contributed by atoms with E-state index < -0.39 is 0 Å². The van der Waals surface area contributed by atoms with Crippen LogP contribution in [-0.4, -0.2) is 100 Å². The van der Waals surface area contributed by atoms with Crippen molar-refractivity contribution in [1.82, 2.24) is 41.2 Å². The van der Waals surface area contributed by atoms with E-state index in [1.54, 1.807) is 0 Å². The maximum atomic E-state index is 3.38. The fourth-order valence-corrected chi connectivity index (χ4v) is 0.258. The first-order chi connectivity index (χ1) is 5.00. The van der Waals surface area contributed by atoms with Gasteiger partial charge in [0.1, 0.15) is 0 Å². The quantitative estimate of drug-likeness (QED) is 0.445. The minimum absolute atomic E-state index is 0. The molecule has 0 fully saturated rings. The molecule has 0 spiro atoms. The molecule has 2 rings (SSSR count). The van der Waals surface area contributed by atoms with E-state index in [1.165, 1.54) is 12.7 Å². The largest absolute Gasteiger partial charge is 0.177 e. The van der Waals surface area contributed by atoms with Crippen molar-refractivity contribution < 1.29 is 0 Å². The monoisotopic (exact) mass is 186 g/mol. The van der Waals surface area contributed by atoms with Gasteiger partial charge in [-0.25, -0.2) is 0 Å². The number of tetrazole rings is 2. The Morgan fingerprint density at radius 2 is 1.17 bits per heavy atom. The summed E-state index contributed by atoms with van der Waals surface area (Å²) in [5, 5.41) is 24.3. The van der Waals surface area contributed by atoms with Gasteiger partial charge in [-0.05, 0) is 0 Å². The number of nitrogens with zero attached hydrogens (tertiary/aromatic N) is 6. The predicted octanol–water partition coefficient (Wildman–Crippen LogP) is -2.36. The third kappa shape index (κ3) is 8.24. The number of hydrogen-bond donors (Lipinski definition) is 2. The van der Waals surface area contributed by atoms with Gasteiger partial charge in [-0.1, -0.05) is 10.4 Å². The van der Waals surface area contributed by atoms with E-state index in [1.807, 2.05) is 0 Å². The first-order valence-electron chi connectivity index (χ1n) is 2.33. The van der Waals surface area contributed by atoms with Gasteiger partial charge < -0.3 is 0 Å². The summed E-state index contributed by atoms with van der Waals surface area (Å²) in [6, 6.07) is 0. The van der Waals surface area contributed by atoms with Gasteiger partial charge in [-0.15, -0.1) is 20.4 Å². The molecule has 0 atom stereocenters. The van der Waals surface area contributed by atoms with Crippen LogP contribution in [0.3, 0.4) is 0 Å². The van der Waals surface area contributed by atoms with Gasteiger partial charge in [-0.2, -0.15) is 10.4 Å². The molecular weight excluding hydrogens is 182 g/mol. The number of aromatic nitrogens is 8. The van der Waals surface area contributed by atoms with E-state index in [9.17, 15) is 0 Å². The number of rotatable bonds is 0. The van der Waals surface area contributed by atoms with Crippen LogP contribution < -0.4 is 0 Å². The van der Waals surface area contributed by atoms with Crippen LogP contribution in [0.25, 0.3) is 0 Å². The minimum atomic E-state index is 0. The molecule has 2 radical (unpaired) electrons. The van der Waals surface area contributed by atoms with Crippen LogP contribution in [0, 0.1) is 0 Å². The number of hydrogen-bond acceptors (Lipinski definition) is 6. The molecule has 8 nitrogen and oxygen atoms in total. The molecule has 2 aromatic heterocycles. The normalized spacial score (nSPS) is 6.67. The molecule has 0 saturated carbocycles. The molecule has 0 bridgehead atoms. The molecule has 0 aliphatic carbocycles. The number of H-pyrrole nitrogens is 2. The van der Waals surface area contributed by atoms with E-state index in [0.717, 1.165) is 0 Å². The Kier molecular flexibility index (Phi) is 13.6. The zero-order valence-corrected chi connectivity index (χ0v) is 10.8. The maximum absolute atomic E-state index is 3.38. The Balaban J connectivity index is 0. The molecular formula is C2H4N8Na2. The molecule has 0 aromatic carbocycles. The summed E-state index contributed by atoms with van der Waals surface area (Å²) in [7, 11) is 0. The standard InChI is InChI=1S/2CH2N4.2Na/c2*1-2-4-5-3-1;;/h2*1H,(H,2,3,4,5);;. The van der Waals surface area contributed by atoms with Crippen LogP contribution in [0.4, 0.5) is 0 Å². The van der Waals surface area contributed by atoms with Crippen molar-refractivity contribution in [3.05, 3.63) is 12.7 Å². The molecule has 2 heterocycles. The van der Waals surface area contributed by atoms with Gasteiger partial charge in [-0.3, -0.25) is 0 Å². The third-order valence-electron chi connectivity index (χ3n) is 0.539. The van der Waals surface area contributed by atoms with E-state index in [0.29, 0.717) is 0 Å². The summed E-state index contributed by atoms with van der Waals surface area (Å²) in [5.74, 6) is 0. The molecule has 0 unspecified atom stereocenters. The molecule has 0 aliphatic rings. The second kappa shape index (κ2) is 11.1.